The van der Waals surface area contributed by atoms with E-state index in [-0.39, 0.29) is 0 Å². The second kappa shape index (κ2) is 6.45. The fraction of sp³-hybridized carbons (Fsp3) is 0.600. The highest BCUT2D eigenvalue weighted by molar-refractivity contribution is 5.37. The van der Waals surface area contributed by atoms with Crippen molar-refractivity contribution in [1.29, 1.82) is 0 Å². The van der Waals surface area contributed by atoms with E-state index in [1.165, 1.54) is 49.3 Å². The molecule has 5 rings (SSSR count). The Labute approximate surface area is 150 Å². The molecule has 1 aromatic rings. The van der Waals surface area contributed by atoms with Crippen LogP contribution in [-0.4, -0.2) is 65.1 Å². The summed E-state index contributed by atoms with van der Waals surface area (Å²) in [6, 6.07) is 0.857. The highest BCUT2D eigenvalue weighted by Crippen LogP contribution is 2.26. The van der Waals surface area contributed by atoms with E-state index in [1.807, 2.05) is 0 Å². The minimum atomic E-state index is 0.857. The van der Waals surface area contributed by atoms with Gasteiger partial charge in [0.25, 0.3) is 0 Å². The summed E-state index contributed by atoms with van der Waals surface area (Å²) in [6.45, 7) is 6.61. The standard InChI is InChI=1S/C20H27N5/c1-3-17(4-1)23-9-7-16-15-21-20(22-19(16)8-10-23)25-13-11-24(12-14-25)18-5-2-6-18/h1,3-4,15,18H,2,5-14H2. The molecule has 0 bridgehead atoms. The van der Waals surface area contributed by atoms with Crippen LogP contribution in [0.1, 0.15) is 30.5 Å². The number of rotatable bonds is 3. The van der Waals surface area contributed by atoms with E-state index in [4.69, 9.17) is 9.97 Å². The second-order valence-electron chi connectivity index (χ2n) is 7.69. The van der Waals surface area contributed by atoms with Gasteiger partial charge < -0.3 is 9.80 Å². The van der Waals surface area contributed by atoms with Gasteiger partial charge in [0.1, 0.15) is 0 Å². The first-order valence-electron chi connectivity index (χ1n) is 9.84. The van der Waals surface area contributed by atoms with Crippen LogP contribution >= 0.6 is 0 Å². The van der Waals surface area contributed by atoms with Crippen molar-refractivity contribution in [2.75, 3.05) is 44.2 Å². The first kappa shape index (κ1) is 15.4. The van der Waals surface area contributed by atoms with E-state index < -0.39 is 0 Å². The fourth-order valence-electron chi connectivity index (χ4n) is 4.31. The zero-order chi connectivity index (χ0) is 16.6. The molecule has 1 saturated carbocycles. The van der Waals surface area contributed by atoms with E-state index >= 15 is 0 Å². The quantitative estimate of drug-likeness (QED) is 0.843. The number of aromatic nitrogens is 2. The molecule has 2 aliphatic carbocycles. The molecule has 0 atom stereocenters. The highest BCUT2D eigenvalue weighted by Gasteiger charge is 2.29. The third-order valence-electron chi connectivity index (χ3n) is 6.30. The maximum atomic E-state index is 4.97. The van der Waals surface area contributed by atoms with Gasteiger partial charge in [-0.25, -0.2) is 9.97 Å². The molecule has 0 aromatic carbocycles. The summed E-state index contributed by atoms with van der Waals surface area (Å²) in [6.07, 6.45) is 14.9. The summed E-state index contributed by atoms with van der Waals surface area (Å²) < 4.78 is 0. The Bertz CT molecular complexity index is 698. The summed E-state index contributed by atoms with van der Waals surface area (Å²) >= 11 is 0. The van der Waals surface area contributed by atoms with Gasteiger partial charge >= 0.3 is 0 Å². The van der Waals surface area contributed by atoms with Crippen LogP contribution in [0.5, 0.6) is 0 Å². The molecular formula is C20H27N5. The van der Waals surface area contributed by atoms with Crippen LogP contribution in [0, 0.1) is 0 Å². The van der Waals surface area contributed by atoms with E-state index in [0.717, 1.165) is 51.0 Å². The van der Waals surface area contributed by atoms with Gasteiger partial charge in [0.05, 0.1) is 5.69 Å². The molecule has 0 N–H and O–H groups in total. The van der Waals surface area contributed by atoms with Crippen LogP contribution in [0.2, 0.25) is 0 Å². The van der Waals surface area contributed by atoms with Gasteiger partial charge in [0.2, 0.25) is 5.95 Å². The van der Waals surface area contributed by atoms with Crippen molar-refractivity contribution in [3.8, 4) is 0 Å². The predicted octanol–water partition coefficient (Wildman–Crippen LogP) is 2.01. The van der Waals surface area contributed by atoms with Crippen molar-refractivity contribution >= 4 is 5.95 Å². The predicted molar refractivity (Wildman–Crippen MR) is 99.7 cm³/mol. The van der Waals surface area contributed by atoms with Crippen LogP contribution in [0.3, 0.4) is 0 Å². The molecule has 25 heavy (non-hydrogen) atoms. The zero-order valence-corrected chi connectivity index (χ0v) is 14.9. The Morgan fingerprint density at radius 1 is 0.920 bits per heavy atom. The Morgan fingerprint density at radius 3 is 2.40 bits per heavy atom. The van der Waals surface area contributed by atoms with Crippen molar-refractivity contribution < 1.29 is 0 Å². The van der Waals surface area contributed by atoms with Crippen LogP contribution in [-0.2, 0) is 12.8 Å². The molecule has 0 amide bonds. The molecule has 0 spiro atoms. The molecule has 5 heteroatoms. The monoisotopic (exact) mass is 337 g/mol. The topological polar surface area (TPSA) is 35.5 Å². The van der Waals surface area contributed by atoms with Crippen molar-refractivity contribution in [2.45, 2.75) is 38.1 Å². The van der Waals surface area contributed by atoms with Crippen LogP contribution in [0.15, 0.2) is 30.1 Å². The number of fused-ring (bicyclic) bond motifs is 1. The Kier molecular flexibility index (Phi) is 3.97. The minimum Gasteiger partial charge on any atom is -0.371 e. The molecule has 1 saturated heterocycles. The van der Waals surface area contributed by atoms with Crippen molar-refractivity contribution in [3.05, 3.63) is 41.4 Å². The fourth-order valence-corrected chi connectivity index (χ4v) is 4.31. The van der Waals surface area contributed by atoms with Gasteiger partial charge in [-0.2, -0.15) is 0 Å². The number of hydrogen-bond donors (Lipinski definition) is 0. The number of allylic oxidation sites excluding steroid dienone is 3. The van der Waals surface area contributed by atoms with E-state index in [2.05, 4.69) is 39.1 Å². The normalized spacial score (nSPS) is 24.2. The molecule has 3 heterocycles. The van der Waals surface area contributed by atoms with Gasteiger partial charge in [-0.15, -0.1) is 0 Å². The Hall–Kier alpha value is -1.88. The lowest BCUT2D eigenvalue weighted by Gasteiger charge is -2.43. The SMILES string of the molecule is C1=CC(N2CCc3cnc(N4CCN(C5CCC5)CC4)nc3CC2)=C1. The van der Waals surface area contributed by atoms with Gasteiger partial charge in [0.15, 0.2) is 0 Å². The summed E-state index contributed by atoms with van der Waals surface area (Å²) in [5, 5.41) is 0. The van der Waals surface area contributed by atoms with Crippen LogP contribution in [0.4, 0.5) is 5.95 Å². The van der Waals surface area contributed by atoms with E-state index in [9.17, 15) is 0 Å². The number of hydrogen-bond acceptors (Lipinski definition) is 5. The Morgan fingerprint density at radius 2 is 1.72 bits per heavy atom. The molecule has 0 radical (unpaired) electrons. The lowest BCUT2D eigenvalue weighted by molar-refractivity contribution is 0.120. The average molecular weight is 337 g/mol. The molecule has 4 aliphatic rings. The van der Waals surface area contributed by atoms with Crippen molar-refractivity contribution in [1.82, 2.24) is 19.8 Å². The maximum Gasteiger partial charge on any atom is 0.225 e. The number of piperazine rings is 1. The summed E-state index contributed by atoms with van der Waals surface area (Å²) in [7, 11) is 0. The molecule has 5 nitrogen and oxygen atoms in total. The molecule has 132 valence electrons. The zero-order valence-electron chi connectivity index (χ0n) is 14.9. The van der Waals surface area contributed by atoms with Crippen molar-refractivity contribution in [2.24, 2.45) is 0 Å². The smallest absolute Gasteiger partial charge is 0.225 e. The average Bonchev–Trinajstić information content (AvgIpc) is 2.75. The van der Waals surface area contributed by atoms with Gasteiger partial charge in [-0.1, -0.05) is 12.5 Å². The summed E-state index contributed by atoms with van der Waals surface area (Å²) in [5.41, 5.74) is 3.97. The lowest BCUT2D eigenvalue weighted by atomic mass is 9.91. The molecule has 2 aliphatic heterocycles. The van der Waals surface area contributed by atoms with E-state index in [1.54, 1.807) is 0 Å². The second-order valence-corrected chi connectivity index (χ2v) is 7.69. The van der Waals surface area contributed by atoms with Gasteiger partial charge in [-0.05, 0) is 37.0 Å². The molecule has 1 aromatic heterocycles. The molecule has 0 unspecified atom stereocenters. The molecular weight excluding hydrogens is 310 g/mol. The third-order valence-corrected chi connectivity index (χ3v) is 6.30. The highest BCUT2D eigenvalue weighted by atomic mass is 15.3. The summed E-state index contributed by atoms with van der Waals surface area (Å²) in [5.74, 6) is 0.947. The summed E-state index contributed by atoms with van der Waals surface area (Å²) in [4.78, 5) is 17.2. The maximum absolute atomic E-state index is 4.97. The first-order valence-corrected chi connectivity index (χ1v) is 9.84. The minimum absolute atomic E-state index is 0.857. The van der Waals surface area contributed by atoms with Gasteiger partial charge in [-0.3, -0.25) is 4.90 Å². The largest absolute Gasteiger partial charge is 0.371 e. The van der Waals surface area contributed by atoms with Crippen LogP contribution < -0.4 is 4.90 Å². The van der Waals surface area contributed by atoms with Crippen LogP contribution in [0.25, 0.3) is 0 Å². The number of anilines is 1. The van der Waals surface area contributed by atoms with Crippen molar-refractivity contribution in [3.63, 3.8) is 0 Å². The number of nitrogens with zero attached hydrogens (tertiary/aromatic N) is 5. The third kappa shape index (κ3) is 2.95. The molecule has 2 fully saturated rings. The first-order chi connectivity index (χ1) is 12.4. The van der Waals surface area contributed by atoms with E-state index in [0.29, 0.717) is 0 Å². The lowest BCUT2D eigenvalue weighted by Crippen LogP contribution is -2.52. The Balaban J connectivity index is 1.25. The van der Waals surface area contributed by atoms with Gasteiger partial charge in [0, 0.05) is 63.6 Å².